The number of anilines is 1. The van der Waals surface area contributed by atoms with Gasteiger partial charge in [-0.3, -0.25) is 5.21 Å². The lowest BCUT2D eigenvalue weighted by Crippen LogP contribution is -2.29. The molecule has 134 valence electrons. The summed E-state index contributed by atoms with van der Waals surface area (Å²) in [6, 6.07) is 5.96. The topological polar surface area (TPSA) is 66.3 Å². The zero-order valence-electron chi connectivity index (χ0n) is 14.3. The second-order valence-corrected chi connectivity index (χ2v) is 8.38. The van der Waals surface area contributed by atoms with Gasteiger partial charge in [0.1, 0.15) is 5.82 Å². The molecule has 3 atom stereocenters. The molecular formula is C19H21BrN5O+. The van der Waals surface area contributed by atoms with Crippen LogP contribution in [-0.2, 0) is 6.54 Å². The van der Waals surface area contributed by atoms with Gasteiger partial charge in [-0.1, -0.05) is 6.42 Å². The molecular weight excluding hydrogens is 394 g/mol. The van der Waals surface area contributed by atoms with E-state index in [1.165, 1.54) is 31.4 Å². The van der Waals surface area contributed by atoms with Crippen molar-refractivity contribution in [1.82, 2.24) is 14.6 Å². The number of fused-ring (bicyclic) bond motifs is 3. The van der Waals surface area contributed by atoms with Crippen LogP contribution in [0, 0.1) is 11.8 Å². The Hall–Kier alpha value is -2.15. The zero-order valence-corrected chi connectivity index (χ0v) is 15.9. The molecule has 3 heterocycles. The molecule has 3 aromatic heterocycles. The lowest BCUT2D eigenvalue weighted by molar-refractivity contribution is -0.905. The van der Waals surface area contributed by atoms with Gasteiger partial charge in [-0.05, 0) is 53.1 Å². The van der Waals surface area contributed by atoms with Gasteiger partial charge in [-0.15, -0.1) is 0 Å². The second-order valence-electron chi connectivity index (χ2n) is 7.52. The third-order valence-corrected chi connectivity index (χ3v) is 6.45. The third kappa shape index (κ3) is 2.74. The van der Waals surface area contributed by atoms with Gasteiger partial charge in [0.2, 0.25) is 12.4 Å². The first-order chi connectivity index (χ1) is 12.7. The molecule has 6 nitrogen and oxygen atoms in total. The van der Waals surface area contributed by atoms with Gasteiger partial charge in [-0.2, -0.15) is 9.61 Å². The molecule has 2 saturated carbocycles. The van der Waals surface area contributed by atoms with E-state index in [0.717, 1.165) is 38.1 Å². The lowest BCUT2D eigenvalue weighted by atomic mass is 9.86. The van der Waals surface area contributed by atoms with Crippen LogP contribution in [0.4, 0.5) is 5.82 Å². The van der Waals surface area contributed by atoms with E-state index < -0.39 is 0 Å². The first-order valence-corrected chi connectivity index (χ1v) is 9.94. The smallest absolute Gasteiger partial charge is 0.227 e. The average molecular weight is 415 g/mol. The summed E-state index contributed by atoms with van der Waals surface area (Å²) in [5, 5.41) is 17.5. The number of aromatic nitrogens is 4. The summed E-state index contributed by atoms with van der Waals surface area (Å²) in [6.07, 6.45) is 10.4. The van der Waals surface area contributed by atoms with E-state index in [1.54, 1.807) is 18.6 Å². The molecule has 0 saturated heterocycles. The number of nitrogens with one attached hydrogen (secondary N) is 1. The molecule has 0 amide bonds. The Kier molecular flexibility index (Phi) is 3.85. The largest absolute Gasteiger partial charge is 0.366 e. The fraction of sp³-hybridized carbons (Fsp3) is 0.421. The van der Waals surface area contributed by atoms with Crippen LogP contribution in [0.15, 0.2) is 41.3 Å². The van der Waals surface area contributed by atoms with E-state index in [2.05, 4.69) is 32.4 Å². The summed E-state index contributed by atoms with van der Waals surface area (Å²) in [7, 11) is 0. The summed E-state index contributed by atoms with van der Waals surface area (Å²) in [4.78, 5) is 4.93. The van der Waals surface area contributed by atoms with Gasteiger partial charge in [0.15, 0.2) is 5.65 Å². The zero-order chi connectivity index (χ0) is 17.7. The Bertz CT molecular complexity index is 972. The van der Waals surface area contributed by atoms with Crippen molar-refractivity contribution >= 4 is 27.4 Å². The van der Waals surface area contributed by atoms with Gasteiger partial charge in [0, 0.05) is 40.6 Å². The maximum atomic E-state index is 9.59. The van der Waals surface area contributed by atoms with E-state index in [9.17, 15) is 5.21 Å². The fourth-order valence-electron chi connectivity index (χ4n) is 4.69. The van der Waals surface area contributed by atoms with Crippen molar-refractivity contribution in [3.8, 4) is 0 Å². The van der Waals surface area contributed by atoms with Crippen LogP contribution in [-0.4, -0.2) is 19.8 Å². The van der Waals surface area contributed by atoms with Gasteiger partial charge in [-0.25, -0.2) is 4.98 Å². The summed E-state index contributed by atoms with van der Waals surface area (Å²) >= 11 is 3.58. The molecule has 3 aromatic rings. The molecule has 2 fully saturated rings. The molecule has 2 bridgehead atoms. The van der Waals surface area contributed by atoms with Crippen molar-refractivity contribution in [2.45, 2.75) is 38.1 Å². The SMILES string of the molecule is O[n+]1cccc(CNc2cc(C3CC4CCC3C4)nc3c(Br)cnn23)c1. The summed E-state index contributed by atoms with van der Waals surface area (Å²) in [6.45, 7) is 0.605. The monoisotopic (exact) mass is 414 g/mol. The molecule has 0 spiro atoms. The van der Waals surface area contributed by atoms with Crippen molar-refractivity contribution in [1.29, 1.82) is 0 Å². The molecule has 26 heavy (non-hydrogen) atoms. The Labute approximate surface area is 160 Å². The van der Waals surface area contributed by atoms with Crippen LogP contribution >= 0.6 is 15.9 Å². The maximum absolute atomic E-state index is 9.59. The Morgan fingerprint density at radius 2 is 2.27 bits per heavy atom. The first kappa shape index (κ1) is 16.1. The minimum Gasteiger partial charge on any atom is -0.366 e. The van der Waals surface area contributed by atoms with E-state index >= 15 is 0 Å². The highest BCUT2D eigenvalue weighted by molar-refractivity contribution is 9.10. The first-order valence-electron chi connectivity index (χ1n) is 9.15. The summed E-state index contributed by atoms with van der Waals surface area (Å²) in [5.74, 6) is 3.17. The predicted octanol–water partition coefficient (Wildman–Crippen LogP) is 3.53. The van der Waals surface area contributed by atoms with Crippen LogP contribution in [0.3, 0.4) is 0 Å². The van der Waals surface area contributed by atoms with E-state index in [1.807, 2.05) is 16.6 Å². The highest BCUT2D eigenvalue weighted by atomic mass is 79.9. The number of halogens is 1. The summed E-state index contributed by atoms with van der Waals surface area (Å²) in [5.41, 5.74) is 3.03. The van der Waals surface area contributed by atoms with Gasteiger partial charge in [0.25, 0.3) is 0 Å². The predicted molar refractivity (Wildman–Crippen MR) is 100 cm³/mol. The van der Waals surface area contributed by atoms with Crippen molar-refractivity contribution in [2.75, 3.05) is 5.32 Å². The molecule has 5 rings (SSSR count). The second kappa shape index (κ2) is 6.23. The molecule has 2 aliphatic rings. The van der Waals surface area contributed by atoms with Crippen LogP contribution in [0.5, 0.6) is 0 Å². The number of rotatable bonds is 4. The molecule has 3 unspecified atom stereocenters. The molecule has 0 aliphatic heterocycles. The van der Waals surface area contributed by atoms with Crippen LogP contribution in [0.2, 0.25) is 0 Å². The Morgan fingerprint density at radius 3 is 3.04 bits per heavy atom. The van der Waals surface area contributed by atoms with Crippen LogP contribution < -0.4 is 10.0 Å². The number of hydrogen-bond acceptors (Lipinski definition) is 4. The minimum absolute atomic E-state index is 0.567. The number of pyridine rings is 1. The Morgan fingerprint density at radius 1 is 1.35 bits per heavy atom. The van der Waals surface area contributed by atoms with Gasteiger partial charge >= 0.3 is 0 Å². The summed E-state index contributed by atoms with van der Waals surface area (Å²) < 4.78 is 3.83. The normalized spacial score (nSPS) is 24.4. The standard InChI is InChI=1S/C19H21BrN5O/c20-16-10-22-25-18(21-9-13-2-1-5-24(26)11-13)8-17(23-19(16)25)15-7-12-3-4-14(15)6-12/h1-2,5,8,10-12,14-15,21,26H,3-4,6-7,9H2/q+1. The molecule has 7 heteroatoms. The fourth-order valence-corrected chi connectivity index (χ4v) is 5.03. The van der Waals surface area contributed by atoms with Gasteiger partial charge in [0.05, 0.1) is 10.7 Å². The van der Waals surface area contributed by atoms with Crippen molar-refractivity contribution in [2.24, 2.45) is 11.8 Å². The maximum Gasteiger partial charge on any atom is 0.227 e. The highest BCUT2D eigenvalue weighted by Crippen LogP contribution is 2.52. The molecule has 2 N–H and O–H groups in total. The highest BCUT2D eigenvalue weighted by Gasteiger charge is 2.41. The van der Waals surface area contributed by atoms with E-state index in [0.29, 0.717) is 12.5 Å². The van der Waals surface area contributed by atoms with Crippen molar-refractivity contribution in [3.63, 3.8) is 0 Å². The van der Waals surface area contributed by atoms with Crippen LogP contribution in [0.1, 0.15) is 42.9 Å². The molecule has 0 aromatic carbocycles. The molecule has 2 aliphatic carbocycles. The number of nitrogens with zero attached hydrogens (tertiary/aromatic N) is 4. The Balaban J connectivity index is 1.49. The average Bonchev–Trinajstić information content (AvgIpc) is 3.36. The molecule has 0 radical (unpaired) electrons. The van der Waals surface area contributed by atoms with Crippen molar-refractivity contribution in [3.05, 3.63) is 52.5 Å². The third-order valence-electron chi connectivity index (χ3n) is 5.89. The van der Waals surface area contributed by atoms with Gasteiger partial charge < -0.3 is 5.32 Å². The van der Waals surface area contributed by atoms with E-state index in [4.69, 9.17) is 4.98 Å². The minimum atomic E-state index is 0.567. The lowest BCUT2D eigenvalue weighted by Gasteiger charge is -2.22. The number of hydrogen-bond donors (Lipinski definition) is 2. The van der Waals surface area contributed by atoms with E-state index in [-0.39, 0.29) is 0 Å². The van der Waals surface area contributed by atoms with Crippen LogP contribution in [0.25, 0.3) is 5.65 Å². The quantitative estimate of drug-likeness (QED) is 0.506. The van der Waals surface area contributed by atoms with Crippen molar-refractivity contribution < 1.29 is 9.94 Å².